The molecule has 0 aromatic rings. The molecule has 0 aromatic carbocycles. The van der Waals surface area contributed by atoms with Crippen LogP contribution in [0.2, 0.25) is 0 Å². The molecule has 0 aliphatic carbocycles. The van der Waals surface area contributed by atoms with E-state index in [9.17, 15) is 0 Å². The summed E-state index contributed by atoms with van der Waals surface area (Å²) in [6.07, 6.45) is 4.37. The van der Waals surface area contributed by atoms with Gasteiger partial charge in [0, 0.05) is 40.1 Å². The maximum absolute atomic E-state index is 5.45. The first-order valence-electron chi connectivity index (χ1n) is 6.64. The topological polar surface area (TPSA) is 36.9 Å². The van der Waals surface area contributed by atoms with Crippen LogP contribution < -0.4 is 0 Å². The van der Waals surface area contributed by atoms with Gasteiger partial charge < -0.3 is 18.9 Å². The molecule has 0 unspecified atom stereocenters. The molecule has 0 aromatic heterocycles. The van der Waals surface area contributed by atoms with E-state index in [0.717, 1.165) is 52.3 Å². The Hall–Kier alpha value is -0.160. The van der Waals surface area contributed by atoms with Crippen molar-refractivity contribution in [2.75, 3.05) is 53.4 Å². The Balaban J connectivity index is 2.85. The van der Waals surface area contributed by atoms with Crippen LogP contribution in [0, 0.1) is 0 Å². The summed E-state index contributed by atoms with van der Waals surface area (Å²) in [7, 11) is 1.71. The monoisotopic (exact) mass is 248 g/mol. The average Bonchev–Trinajstić information content (AvgIpc) is 2.35. The van der Waals surface area contributed by atoms with Crippen molar-refractivity contribution in [3.8, 4) is 0 Å². The van der Waals surface area contributed by atoms with Gasteiger partial charge in [-0.25, -0.2) is 0 Å². The van der Waals surface area contributed by atoms with Crippen LogP contribution in [-0.4, -0.2) is 53.4 Å². The standard InChI is InChI=1S/C13H28O4/c1-3-15-12-13-17-10-6-4-5-9-16-11-7-8-14-2/h3-13H2,1-2H3. The molecule has 0 aliphatic heterocycles. The van der Waals surface area contributed by atoms with Crippen molar-refractivity contribution in [3.63, 3.8) is 0 Å². The Morgan fingerprint density at radius 2 is 1.18 bits per heavy atom. The van der Waals surface area contributed by atoms with Gasteiger partial charge in [-0.15, -0.1) is 0 Å². The van der Waals surface area contributed by atoms with Gasteiger partial charge in [0.2, 0.25) is 0 Å². The van der Waals surface area contributed by atoms with Crippen molar-refractivity contribution in [1.29, 1.82) is 0 Å². The summed E-state index contributed by atoms with van der Waals surface area (Å²) in [5.74, 6) is 0. The second-order valence-corrected chi connectivity index (χ2v) is 3.83. The van der Waals surface area contributed by atoms with Crippen molar-refractivity contribution >= 4 is 0 Å². The van der Waals surface area contributed by atoms with Crippen molar-refractivity contribution in [3.05, 3.63) is 0 Å². The highest BCUT2D eigenvalue weighted by molar-refractivity contribution is 4.42. The van der Waals surface area contributed by atoms with E-state index >= 15 is 0 Å². The van der Waals surface area contributed by atoms with Gasteiger partial charge in [-0.2, -0.15) is 0 Å². The van der Waals surface area contributed by atoms with Gasteiger partial charge in [0.15, 0.2) is 0 Å². The molecule has 17 heavy (non-hydrogen) atoms. The van der Waals surface area contributed by atoms with Crippen LogP contribution in [-0.2, 0) is 18.9 Å². The third kappa shape index (κ3) is 15.8. The predicted octanol–water partition coefficient (Wildman–Crippen LogP) is 2.26. The van der Waals surface area contributed by atoms with Gasteiger partial charge in [0.25, 0.3) is 0 Å². The molecule has 0 amide bonds. The lowest BCUT2D eigenvalue weighted by atomic mass is 10.2. The lowest BCUT2D eigenvalue weighted by Crippen LogP contribution is -2.05. The molecule has 4 heteroatoms. The summed E-state index contributed by atoms with van der Waals surface area (Å²) in [6.45, 7) is 7.45. The lowest BCUT2D eigenvalue weighted by Gasteiger charge is -2.05. The molecule has 0 fully saturated rings. The smallest absolute Gasteiger partial charge is 0.0700 e. The van der Waals surface area contributed by atoms with Crippen LogP contribution in [0.15, 0.2) is 0 Å². The molecule has 0 atom stereocenters. The molecule has 0 spiro atoms. The highest BCUT2D eigenvalue weighted by Gasteiger charge is 1.92. The van der Waals surface area contributed by atoms with Crippen molar-refractivity contribution in [2.45, 2.75) is 32.6 Å². The van der Waals surface area contributed by atoms with E-state index < -0.39 is 0 Å². The lowest BCUT2D eigenvalue weighted by molar-refractivity contribution is 0.0499. The number of hydrogen-bond acceptors (Lipinski definition) is 4. The van der Waals surface area contributed by atoms with Crippen molar-refractivity contribution < 1.29 is 18.9 Å². The Bertz CT molecular complexity index is 117. The minimum Gasteiger partial charge on any atom is -0.385 e. The van der Waals surface area contributed by atoms with Gasteiger partial charge in [-0.05, 0) is 32.6 Å². The van der Waals surface area contributed by atoms with E-state index in [2.05, 4.69) is 0 Å². The van der Waals surface area contributed by atoms with Crippen LogP contribution >= 0.6 is 0 Å². The molecule has 0 heterocycles. The van der Waals surface area contributed by atoms with Crippen LogP contribution in [0.25, 0.3) is 0 Å². The van der Waals surface area contributed by atoms with Crippen LogP contribution in [0.5, 0.6) is 0 Å². The summed E-state index contributed by atoms with van der Waals surface area (Å²) in [6, 6.07) is 0. The van der Waals surface area contributed by atoms with E-state index in [1.165, 1.54) is 6.42 Å². The Morgan fingerprint density at radius 3 is 1.82 bits per heavy atom. The predicted molar refractivity (Wildman–Crippen MR) is 68.5 cm³/mol. The van der Waals surface area contributed by atoms with Crippen molar-refractivity contribution in [2.24, 2.45) is 0 Å². The van der Waals surface area contributed by atoms with E-state index in [4.69, 9.17) is 18.9 Å². The zero-order valence-electron chi connectivity index (χ0n) is 11.4. The third-order valence-corrected chi connectivity index (χ3v) is 2.29. The summed E-state index contributed by atoms with van der Waals surface area (Å²) < 4.78 is 21.0. The summed E-state index contributed by atoms with van der Waals surface area (Å²) >= 11 is 0. The quantitative estimate of drug-likeness (QED) is 0.442. The van der Waals surface area contributed by atoms with Crippen LogP contribution in [0.1, 0.15) is 32.6 Å². The van der Waals surface area contributed by atoms with Gasteiger partial charge in [0.05, 0.1) is 13.2 Å². The fraction of sp³-hybridized carbons (Fsp3) is 1.00. The van der Waals surface area contributed by atoms with Gasteiger partial charge in [-0.1, -0.05) is 0 Å². The average molecular weight is 248 g/mol. The van der Waals surface area contributed by atoms with E-state index in [-0.39, 0.29) is 0 Å². The first-order chi connectivity index (χ1) is 8.41. The molecule has 0 radical (unpaired) electrons. The molecule has 0 saturated carbocycles. The summed E-state index contributed by atoms with van der Waals surface area (Å²) in [5.41, 5.74) is 0. The first-order valence-corrected chi connectivity index (χ1v) is 6.64. The SMILES string of the molecule is CCOCCOCCCCCOCCCOC. The number of rotatable bonds is 14. The minimum absolute atomic E-state index is 0.707. The fourth-order valence-electron chi connectivity index (χ4n) is 1.36. The van der Waals surface area contributed by atoms with Crippen LogP contribution in [0.4, 0.5) is 0 Å². The molecule has 0 N–H and O–H groups in total. The maximum Gasteiger partial charge on any atom is 0.0700 e. The van der Waals surface area contributed by atoms with Gasteiger partial charge in [-0.3, -0.25) is 0 Å². The molecular weight excluding hydrogens is 220 g/mol. The molecule has 104 valence electrons. The van der Waals surface area contributed by atoms with Gasteiger partial charge in [0.1, 0.15) is 0 Å². The molecular formula is C13H28O4. The number of hydrogen-bond donors (Lipinski definition) is 0. The number of ether oxygens (including phenoxy) is 4. The zero-order chi connectivity index (χ0) is 12.6. The highest BCUT2D eigenvalue weighted by Crippen LogP contribution is 1.97. The minimum atomic E-state index is 0.707. The fourth-order valence-corrected chi connectivity index (χ4v) is 1.36. The second kappa shape index (κ2) is 15.8. The normalized spacial score (nSPS) is 10.9. The van der Waals surface area contributed by atoms with E-state index in [1.807, 2.05) is 6.92 Å². The van der Waals surface area contributed by atoms with E-state index in [1.54, 1.807) is 7.11 Å². The Morgan fingerprint density at radius 1 is 0.588 bits per heavy atom. The molecule has 4 nitrogen and oxygen atoms in total. The third-order valence-electron chi connectivity index (χ3n) is 2.29. The first kappa shape index (κ1) is 16.8. The molecule has 0 bridgehead atoms. The Labute approximate surface area is 106 Å². The number of methoxy groups -OCH3 is 1. The second-order valence-electron chi connectivity index (χ2n) is 3.83. The maximum atomic E-state index is 5.45. The molecule has 0 rings (SSSR count). The van der Waals surface area contributed by atoms with E-state index in [0.29, 0.717) is 13.2 Å². The number of unbranched alkanes of at least 4 members (excludes halogenated alkanes) is 2. The molecule has 0 saturated heterocycles. The Kier molecular flexibility index (Phi) is 15.7. The highest BCUT2D eigenvalue weighted by atomic mass is 16.5. The van der Waals surface area contributed by atoms with Crippen LogP contribution in [0.3, 0.4) is 0 Å². The largest absolute Gasteiger partial charge is 0.385 e. The molecule has 0 aliphatic rings. The summed E-state index contributed by atoms with van der Waals surface area (Å²) in [4.78, 5) is 0. The summed E-state index contributed by atoms with van der Waals surface area (Å²) in [5, 5.41) is 0. The zero-order valence-corrected chi connectivity index (χ0v) is 11.4. The van der Waals surface area contributed by atoms with Gasteiger partial charge >= 0.3 is 0 Å². The van der Waals surface area contributed by atoms with Crippen molar-refractivity contribution in [1.82, 2.24) is 0 Å².